The third-order valence-electron chi connectivity index (χ3n) is 5.57. The second-order valence-corrected chi connectivity index (χ2v) is 8.44. The smallest absolute Gasteiger partial charge is 0.0253 e. The highest BCUT2D eigenvalue weighted by molar-refractivity contribution is 9.10. The second kappa shape index (κ2) is 8.75. The summed E-state index contributed by atoms with van der Waals surface area (Å²) >= 11 is 3.75. The number of hydrogen-bond acceptors (Lipinski definition) is 0. The number of halogens is 1. The Labute approximate surface area is 191 Å². The first-order valence-electron chi connectivity index (χ1n) is 10.4. The van der Waals surface area contributed by atoms with E-state index in [1.54, 1.807) is 0 Å². The lowest BCUT2D eigenvalue weighted by Gasteiger charge is -2.04. The molecule has 0 saturated carbocycles. The Bertz CT molecular complexity index is 1430. The van der Waals surface area contributed by atoms with Crippen LogP contribution in [0.3, 0.4) is 0 Å². The van der Waals surface area contributed by atoms with Gasteiger partial charge in [-0.3, -0.25) is 0 Å². The molecular formula is C30H21Br. The normalized spacial score (nSPS) is 11.8. The van der Waals surface area contributed by atoms with Crippen molar-refractivity contribution in [3.63, 3.8) is 0 Å². The van der Waals surface area contributed by atoms with E-state index in [1.807, 2.05) is 0 Å². The van der Waals surface area contributed by atoms with Gasteiger partial charge in [-0.15, -0.1) is 0 Å². The molecule has 0 spiro atoms. The molecule has 0 aromatic heterocycles. The minimum atomic E-state index is 1.09. The molecule has 0 aliphatic rings. The van der Waals surface area contributed by atoms with Crippen molar-refractivity contribution in [3.8, 4) is 0 Å². The molecule has 0 atom stereocenters. The fourth-order valence-electron chi connectivity index (χ4n) is 3.94. The fourth-order valence-corrected chi connectivity index (χ4v) is 4.47. The Balaban J connectivity index is 1.41. The van der Waals surface area contributed by atoms with Crippen LogP contribution in [0.1, 0.15) is 22.3 Å². The van der Waals surface area contributed by atoms with E-state index < -0.39 is 0 Å². The van der Waals surface area contributed by atoms with Crippen molar-refractivity contribution in [2.24, 2.45) is 0 Å². The highest BCUT2D eigenvalue weighted by Crippen LogP contribution is 2.26. The van der Waals surface area contributed by atoms with Crippen molar-refractivity contribution >= 4 is 61.8 Å². The molecular weight excluding hydrogens is 440 g/mol. The zero-order chi connectivity index (χ0) is 21.0. The summed E-state index contributed by atoms with van der Waals surface area (Å²) in [5, 5.41) is 5.07. The molecule has 0 aliphatic carbocycles. The van der Waals surface area contributed by atoms with E-state index in [1.165, 1.54) is 38.2 Å². The summed E-state index contributed by atoms with van der Waals surface area (Å²) < 4.78 is 1.09. The van der Waals surface area contributed by atoms with Gasteiger partial charge in [0.1, 0.15) is 0 Å². The van der Waals surface area contributed by atoms with Crippen LogP contribution in [0.5, 0.6) is 0 Å². The van der Waals surface area contributed by atoms with Crippen molar-refractivity contribution in [3.05, 3.63) is 130 Å². The molecule has 0 nitrogen and oxygen atoms in total. The minimum Gasteiger partial charge on any atom is -0.0616 e. The van der Waals surface area contributed by atoms with Crippen LogP contribution in [-0.2, 0) is 0 Å². The molecule has 0 saturated heterocycles. The van der Waals surface area contributed by atoms with Crippen LogP contribution in [0, 0.1) is 0 Å². The van der Waals surface area contributed by atoms with Crippen LogP contribution in [0.25, 0.3) is 45.8 Å². The highest BCUT2D eigenvalue weighted by atomic mass is 79.9. The average molecular weight is 461 g/mol. The third kappa shape index (κ3) is 4.23. The van der Waals surface area contributed by atoms with E-state index in [-0.39, 0.29) is 0 Å². The third-order valence-corrected chi connectivity index (χ3v) is 6.26. The molecule has 5 aromatic carbocycles. The van der Waals surface area contributed by atoms with Crippen molar-refractivity contribution in [1.29, 1.82) is 0 Å². The lowest BCUT2D eigenvalue weighted by Crippen LogP contribution is -1.81. The lowest BCUT2D eigenvalue weighted by molar-refractivity contribution is 1.57. The van der Waals surface area contributed by atoms with Gasteiger partial charge in [0, 0.05) is 4.47 Å². The van der Waals surface area contributed by atoms with Gasteiger partial charge >= 0.3 is 0 Å². The van der Waals surface area contributed by atoms with E-state index in [2.05, 4.69) is 143 Å². The monoisotopic (exact) mass is 460 g/mol. The molecule has 0 heterocycles. The molecule has 0 bridgehead atoms. The zero-order valence-electron chi connectivity index (χ0n) is 17.0. The van der Waals surface area contributed by atoms with E-state index >= 15 is 0 Å². The standard InChI is InChI=1S/C30H21Br/c31-30-21-22(15-17-25-11-5-9-23-7-1-3-13-28(23)25)16-18-27(30)20-19-26-12-6-10-24-8-2-4-14-29(24)26/h1-21H. The summed E-state index contributed by atoms with van der Waals surface area (Å²) in [5.41, 5.74) is 4.79. The van der Waals surface area contributed by atoms with Gasteiger partial charge in [-0.1, -0.05) is 137 Å². The van der Waals surface area contributed by atoms with E-state index in [4.69, 9.17) is 0 Å². The number of rotatable bonds is 4. The van der Waals surface area contributed by atoms with Crippen molar-refractivity contribution in [1.82, 2.24) is 0 Å². The van der Waals surface area contributed by atoms with Crippen LogP contribution in [0.15, 0.2) is 108 Å². The van der Waals surface area contributed by atoms with E-state index in [0.717, 1.165) is 10.0 Å². The van der Waals surface area contributed by atoms with Gasteiger partial charge < -0.3 is 0 Å². The highest BCUT2D eigenvalue weighted by Gasteiger charge is 2.01. The molecule has 148 valence electrons. The van der Waals surface area contributed by atoms with Crippen molar-refractivity contribution in [2.45, 2.75) is 0 Å². The van der Waals surface area contributed by atoms with Gasteiger partial charge in [-0.2, -0.15) is 0 Å². The summed E-state index contributed by atoms with van der Waals surface area (Å²) in [6.45, 7) is 0. The summed E-state index contributed by atoms with van der Waals surface area (Å²) in [7, 11) is 0. The SMILES string of the molecule is Brc1cc(C=Cc2cccc3ccccc23)ccc1C=Cc1cccc2ccccc12. The lowest BCUT2D eigenvalue weighted by atomic mass is 10.0. The molecule has 5 aromatic rings. The van der Waals surface area contributed by atoms with Gasteiger partial charge in [-0.25, -0.2) is 0 Å². The van der Waals surface area contributed by atoms with Crippen LogP contribution in [0.2, 0.25) is 0 Å². The Morgan fingerprint density at radius 3 is 1.58 bits per heavy atom. The van der Waals surface area contributed by atoms with Crippen LogP contribution >= 0.6 is 15.9 Å². The molecule has 0 aliphatic heterocycles. The summed E-state index contributed by atoms with van der Waals surface area (Å²) in [6, 6.07) is 36.3. The van der Waals surface area contributed by atoms with Crippen molar-refractivity contribution < 1.29 is 0 Å². The molecule has 0 fully saturated rings. The maximum atomic E-state index is 3.75. The number of benzene rings is 5. The molecule has 0 unspecified atom stereocenters. The predicted octanol–water partition coefficient (Wildman–Crippen LogP) is 9.10. The molecule has 0 amide bonds. The topological polar surface area (TPSA) is 0 Å². The first-order chi connectivity index (χ1) is 15.3. The van der Waals surface area contributed by atoms with Crippen LogP contribution < -0.4 is 0 Å². The Kier molecular flexibility index (Phi) is 5.52. The molecule has 0 radical (unpaired) electrons. The van der Waals surface area contributed by atoms with Crippen molar-refractivity contribution in [2.75, 3.05) is 0 Å². The first-order valence-corrected chi connectivity index (χ1v) is 11.2. The van der Waals surface area contributed by atoms with Crippen LogP contribution in [-0.4, -0.2) is 0 Å². The Morgan fingerprint density at radius 2 is 0.968 bits per heavy atom. The maximum absolute atomic E-state index is 3.75. The maximum Gasteiger partial charge on any atom is 0.0253 e. The van der Waals surface area contributed by atoms with Gasteiger partial charge in [0.25, 0.3) is 0 Å². The first kappa shape index (κ1) is 19.5. The summed E-state index contributed by atoms with van der Waals surface area (Å²) in [5.74, 6) is 0. The van der Waals surface area contributed by atoms with Crippen LogP contribution in [0.4, 0.5) is 0 Å². The summed E-state index contributed by atoms with van der Waals surface area (Å²) in [4.78, 5) is 0. The van der Waals surface area contributed by atoms with E-state index in [9.17, 15) is 0 Å². The van der Waals surface area contributed by atoms with Gasteiger partial charge in [0.05, 0.1) is 0 Å². The summed E-state index contributed by atoms with van der Waals surface area (Å²) in [6.07, 6.45) is 8.72. The quantitative estimate of drug-likeness (QED) is 0.234. The number of hydrogen-bond donors (Lipinski definition) is 0. The minimum absolute atomic E-state index is 1.09. The van der Waals surface area contributed by atoms with Gasteiger partial charge in [0.2, 0.25) is 0 Å². The number of fused-ring (bicyclic) bond motifs is 2. The zero-order valence-corrected chi connectivity index (χ0v) is 18.6. The molecule has 5 rings (SSSR count). The largest absolute Gasteiger partial charge is 0.0616 e. The Hall–Kier alpha value is -3.42. The Morgan fingerprint density at radius 1 is 0.452 bits per heavy atom. The van der Waals surface area contributed by atoms with Gasteiger partial charge in [-0.05, 0) is 49.9 Å². The molecule has 0 N–H and O–H groups in total. The fraction of sp³-hybridized carbons (Fsp3) is 0. The van der Waals surface area contributed by atoms with Gasteiger partial charge in [0.15, 0.2) is 0 Å². The van der Waals surface area contributed by atoms with E-state index in [0.29, 0.717) is 0 Å². The molecule has 31 heavy (non-hydrogen) atoms. The second-order valence-electron chi connectivity index (χ2n) is 7.58. The average Bonchev–Trinajstić information content (AvgIpc) is 2.82. The predicted molar refractivity (Wildman–Crippen MR) is 140 cm³/mol. The molecule has 1 heteroatoms.